The number of epoxide rings is 2. The molecule has 6 nitrogen and oxygen atoms in total. The molecule has 0 amide bonds. The van der Waals surface area contributed by atoms with Gasteiger partial charge in [0.2, 0.25) is 18.1 Å². The van der Waals surface area contributed by atoms with Gasteiger partial charge < -0.3 is 28.1 Å². The molecule has 2 fully saturated rings. The molecule has 8 heteroatoms. The van der Waals surface area contributed by atoms with Crippen LogP contribution in [0.25, 0.3) is 0 Å². The lowest BCUT2D eigenvalue weighted by Gasteiger charge is -2.15. The Morgan fingerprint density at radius 1 is 0.818 bits per heavy atom. The molecule has 0 aromatic heterocycles. The third-order valence-electron chi connectivity index (χ3n) is 3.59. The lowest BCUT2D eigenvalue weighted by atomic mass is 10.5. The van der Waals surface area contributed by atoms with E-state index in [-0.39, 0.29) is 0 Å². The normalized spacial score (nSPS) is 25.9. The van der Waals surface area contributed by atoms with E-state index >= 15 is 0 Å². The smallest absolute Gasteiger partial charge is 0.219 e. The SMILES string of the molecule is C[SiH](CCCOCC1CO1)OO[SiH](C)CCCOCC1CO1. The maximum Gasteiger partial charge on any atom is 0.219 e. The summed E-state index contributed by atoms with van der Waals surface area (Å²) in [6.07, 6.45) is 2.83. The summed E-state index contributed by atoms with van der Waals surface area (Å²) in [5.41, 5.74) is 0. The molecule has 130 valence electrons. The molecule has 4 atom stereocenters. The van der Waals surface area contributed by atoms with E-state index in [1.165, 1.54) is 0 Å². The molecule has 2 aliphatic heterocycles. The van der Waals surface area contributed by atoms with Gasteiger partial charge in [-0.2, -0.15) is 0 Å². The summed E-state index contributed by atoms with van der Waals surface area (Å²) >= 11 is 0. The van der Waals surface area contributed by atoms with Crippen LogP contribution in [-0.4, -0.2) is 69.9 Å². The first-order valence-corrected chi connectivity index (χ1v) is 13.3. The molecule has 4 unspecified atom stereocenters. The summed E-state index contributed by atoms with van der Waals surface area (Å²) in [5, 5.41) is 0. The number of rotatable bonds is 15. The van der Waals surface area contributed by atoms with Crippen molar-refractivity contribution in [1.29, 1.82) is 0 Å². The molecule has 0 aliphatic carbocycles. The largest absolute Gasteiger partial charge is 0.379 e. The lowest BCUT2D eigenvalue weighted by Crippen LogP contribution is -2.22. The Bertz CT molecular complexity index is 261. The highest BCUT2D eigenvalue weighted by atomic mass is 28.3. The average molecular weight is 351 g/mol. The van der Waals surface area contributed by atoms with Crippen LogP contribution in [0.5, 0.6) is 0 Å². The molecule has 2 aliphatic rings. The lowest BCUT2D eigenvalue weighted by molar-refractivity contribution is -0.112. The van der Waals surface area contributed by atoms with Gasteiger partial charge in [-0.1, -0.05) is 0 Å². The topological polar surface area (TPSA) is 62.0 Å². The Hall–Kier alpha value is 0.194. The first kappa shape index (κ1) is 18.5. The van der Waals surface area contributed by atoms with E-state index in [2.05, 4.69) is 13.1 Å². The molecule has 0 N–H and O–H groups in total. The molecule has 2 saturated heterocycles. The van der Waals surface area contributed by atoms with Crippen molar-refractivity contribution in [3.8, 4) is 0 Å². The Morgan fingerprint density at radius 3 is 1.59 bits per heavy atom. The van der Waals surface area contributed by atoms with Gasteiger partial charge in [-0.15, -0.1) is 0 Å². The van der Waals surface area contributed by atoms with Gasteiger partial charge in [0.15, 0.2) is 0 Å². The monoisotopic (exact) mass is 350 g/mol. The summed E-state index contributed by atoms with van der Waals surface area (Å²) in [5.74, 6) is 0. The minimum atomic E-state index is -1.21. The molecule has 0 radical (unpaired) electrons. The van der Waals surface area contributed by atoms with E-state index in [1.807, 2.05) is 0 Å². The van der Waals surface area contributed by atoms with Crippen LogP contribution >= 0.6 is 0 Å². The first-order chi connectivity index (χ1) is 10.7. The molecule has 0 aromatic rings. The van der Waals surface area contributed by atoms with E-state index in [0.717, 1.165) is 64.6 Å². The Morgan fingerprint density at radius 2 is 1.23 bits per heavy atom. The van der Waals surface area contributed by atoms with Crippen LogP contribution in [0.4, 0.5) is 0 Å². The van der Waals surface area contributed by atoms with Crippen molar-refractivity contribution < 1.29 is 28.1 Å². The summed E-state index contributed by atoms with van der Waals surface area (Å²) in [6.45, 7) is 9.19. The molecular formula is C14H30O6Si2. The third kappa shape index (κ3) is 10.1. The summed E-state index contributed by atoms with van der Waals surface area (Å²) in [6, 6.07) is 2.19. The van der Waals surface area contributed by atoms with Crippen LogP contribution in [0.1, 0.15) is 12.8 Å². The average Bonchev–Trinajstić information content (AvgIpc) is 3.38. The predicted octanol–water partition coefficient (Wildman–Crippen LogP) is 1.25. The molecule has 0 spiro atoms. The number of ether oxygens (including phenoxy) is 4. The maximum atomic E-state index is 5.61. The summed E-state index contributed by atoms with van der Waals surface area (Å²) in [4.78, 5) is 0. The van der Waals surface area contributed by atoms with E-state index in [9.17, 15) is 0 Å². The quantitative estimate of drug-likeness (QED) is 0.146. The maximum absolute atomic E-state index is 5.61. The van der Waals surface area contributed by atoms with Gasteiger partial charge in [0.1, 0.15) is 12.2 Å². The summed E-state index contributed by atoms with van der Waals surface area (Å²) < 4.78 is 32.4. The fraction of sp³-hybridized carbons (Fsp3) is 1.00. The van der Waals surface area contributed by atoms with Crippen LogP contribution in [0.3, 0.4) is 0 Å². The fourth-order valence-corrected chi connectivity index (χ4v) is 5.18. The highest BCUT2D eigenvalue weighted by Gasteiger charge is 2.22. The zero-order valence-electron chi connectivity index (χ0n) is 13.8. The van der Waals surface area contributed by atoms with Gasteiger partial charge in [-0.3, -0.25) is 0 Å². The Labute approximate surface area is 136 Å². The second-order valence-corrected chi connectivity index (χ2v) is 10.9. The first-order valence-electron chi connectivity index (χ1n) is 8.45. The Kier molecular flexibility index (Phi) is 9.16. The van der Waals surface area contributed by atoms with E-state index in [1.54, 1.807) is 0 Å². The van der Waals surface area contributed by atoms with Gasteiger partial charge in [0.25, 0.3) is 0 Å². The molecule has 22 heavy (non-hydrogen) atoms. The van der Waals surface area contributed by atoms with Gasteiger partial charge in [0.05, 0.1) is 26.4 Å². The molecule has 0 aromatic carbocycles. The van der Waals surface area contributed by atoms with Crippen LogP contribution in [0, 0.1) is 0 Å². The highest BCUT2D eigenvalue weighted by molar-refractivity contribution is 6.52. The zero-order valence-corrected chi connectivity index (χ0v) is 16.1. The van der Waals surface area contributed by atoms with Gasteiger partial charge >= 0.3 is 0 Å². The number of hydrogen-bond donors (Lipinski definition) is 0. The van der Waals surface area contributed by atoms with Crippen molar-refractivity contribution >= 4 is 18.1 Å². The molecular weight excluding hydrogens is 320 g/mol. The van der Waals surface area contributed by atoms with E-state index in [0.29, 0.717) is 12.2 Å². The minimum Gasteiger partial charge on any atom is -0.379 e. The standard InChI is InChI=1S/C14H30O6Si2/c1-21(7-3-5-15-9-13-11-17-13)19-20-22(2)8-4-6-16-10-14-12-18-14/h13-14,21-22H,3-12H2,1-2H3. The third-order valence-corrected chi connectivity index (χ3v) is 7.14. The molecule has 2 heterocycles. The van der Waals surface area contributed by atoms with Crippen molar-refractivity contribution in [1.82, 2.24) is 0 Å². The van der Waals surface area contributed by atoms with Crippen molar-refractivity contribution in [2.45, 2.75) is 50.2 Å². The molecule has 0 bridgehead atoms. The van der Waals surface area contributed by atoms with Crippen molar-refractivity contribution in [2.24, 2.45) is 0 Å². The fourth-order valence-electron chi connectivity index (χ4n) is 1.99. The van der Waals surface area contributed by atoms with E-state index < -0.39 is 18.1 Å². The second-order valence-electron chi connectivity index (χ2n) is 6.16. The van der Waals surface area contributed by atoms with E-state index in [4.69, 9.17) is 28.1 Å². The van der Waals surface area contributed by atoms with Crippen molar-refractivity contribution in [3.63, 3.8) is 0 Å². The van der Waals surface area contributed by atoms with Crippen LogP contribution in [0.2, 0.25) is 25.2 Å². The molecule has 2 rings (SSSR count). The van der Waals surface area contributed by atoms with Crippen LogP contribution < -0.4 is 0 Å². The van der Waals surface area contributed by atoms with Crippen LogP contribution in [-0.2, 0) is 28.1 Å². The Balaban J connectivity index is 1.32. The van der Waals surface area contributed by atoms with Crippen molar-refractivity contribution in [3.05, 3.63) is 0 Å². The second kappa shape index (κ2) is 10.9. The molecule has 0 saturated carbocycles. The van der Waals surface area contributed by atoms with Gasteiger partial charge in [0, 0.05) is 13.2 Å². The van der Waals surface area contributed by atoms with Gasteiger partial charge in [-0.25, -0.2) is 0 Å². The highest BCUT2D eigenvalue weighted by Crippen LogP contribution is 2.11. The summed E-state index contributed by atoms with van der Waals surface area (Å²) in [7, 11) is -2.42. The van der Waals surface area contributed by atoms with Gasteiger partial charge in [-0.05, 0) is 38.0 Å². The van der Waals surface area contributed by atoms with Crippen LogP contribution in [0.15, 0.2) is 0 Å². The minimum absolute atomic E-state index is 0.363. The zero-order chi connectivity index (χ0) is 15.6. The number of hydrogen-bond acceptors (Lipinski definition) is 6. The predicted molar refractivity (Wildman–Crippen MR) is 88.2 cm³/mol. The van der Waals surface area contributed by atoms with Crippen molar-refractivity contribution in [2.75, 3.05) is 39.6 Å².